The van der Waals surface area contributed by atoms with Gasteiger partial charge in [-0.3, -0.25) is 9.59 Å². The molecule has 160 valence electrons. The SMILES string of the molecule is CCC(NC(=O)CNC(=O)c1ccc(OC)c(OC)c1)c1ccc2c(c1)OCCO2. The van der Waals surface area contributed by atoms with Gasteiger partial charge >= 0.3 is 0 Å². The molecule has 1 aliphatic heterocycles. The van der Waals surface area contributed by atoms with E-state index in [9.17, 15) is 9.59 Å². The Hall–Kier alpha value is -3.42. The number of amides is 2. The summed E-state index contributed by atoms with van der Waals surface area (Å²) < 4.78 is 21.5. The molecular weight excluding hydrogens is 388 g/mol. The fourth-order valence-corrected chi connectivity index (χ4v) is 3.18. The Morgan fingerprint density at radius 1 is 1.00 bits per heavy atom. The average Bonchev–Trinajstić information content (AvgIpc) is 2.80. The van der Waals surface area contributed by atoms with Gasteiger partial charge in [-0.05, 0) is 42.3 Å². The van der Waals surface area contributed by atoms with Gasteiger partial charge in [-0.1, -0.05) is 13.0 Å². The van der Waals surface area contributed by atoms with Crippen molar-refractivity contribution in [2.24, 2.45) is 0 Å². The van der Waals surface area contributed by atoms with Gasteiger partial charge in [0.15, 0.2) is 23.0 Å². The lowest BCUT2D eigenvalue weighted by Gasteiger charge is -2.22. The second-order valence-corrected chi connectivity index (χ2v) is 6.68. The van der Waals surface area contributed by atoms with Crippen LogP contribution in [0, 0.1) is 0 Å². The number of benzene rings is 2. The topological polar surface area (TPSA) is 95.1 Å². The molecule has 30 heavy (non-hydrogen) atoms. The highest BCUT2D eigenvalue weighted by Crippen LogP contribution is 2.33. The fraction of sp³-hybridized carbons (Fsp3) is 0.364. The van der Waals surface area contributed by atoms with E-state index in [1.165, 1.54) is 14.2 Å². The molecule has 0 spiro atoms. The maximum absolute atomic E-state index is 12.4. The lowest BCUT2D eigenvalue weighted by atomic mass is 10.0. The first-order valence-electron chi connectivity index (χ1n) is 9.74. The van der Waals surface area contributed by atoms with Crippen molar-refractivity contribution in [3.05, 3.63) is 47.5 Å². The zero-order valence-electron chi connectivity index (χ0n) is 17.3. The first-order chi connectivity index (χ1) is 14.5. The normalized spacial score (nSPS) is 13.2. The number of hydrogen-bond donors (Lipinski definition) is 2. The van der Waals surface area contributed by atoms with Gasteiger partial charge in [0, 0.05) is 5.56 Å². The third-order valence-corrected chi connectivity index (χ3v) is 4.77. The zero-order chi connectivity index (χ0) is 21.5. The summed E-state index contributed by atoms with van der Waals surface area (Å²) in [4.78, 5) is 24.8. The molecule has 1 aliphatic rings. The first-order valence-corrected chi connectivity index (χ1v) is 9.74. The molecule has 2 amide bonds. The van der Waals surface area contributed by atoms with E-state index in [2.05, 4.69) is 10.6 Å². The van der Waals surface area contributed by atoms with Crippen molar-refractivity contribution in [1.29, 1.82) is 0 Å². The van der Waals surface area contributed by atoms with Crippen LogP contribution in [-0.4, -0.2) is 45.8 Å². The third-order valence-electron chi connectivity index (χ3n) is 4.77. The van der Waals surface area contributed by atoms with Crippen LogP contribution in [0.4, 0.5) is 0 Å². The van der Waals surface area contributed by atoms with Crippen LogP contribution in [0.25, 0.3) is 0 Å². The summed E-state index contributed by atoms with van der Waals surface area (Å²) in [5, 5.41) is 5.57. The van der Waals surface area contributed by atoms with E-state index < -0.39 is 0 Å². The standard InChI is InChI=1S/C22H26N2O6/c1-4-16(14-5-8-18-20(11-14)30-10-9-29-18)24-21(25)13-23-22(26)15-6-7-17(27-2)19(12-15)28-3/h5-8,11-12,16H,4,9-10,13H2,1-3H3,(H,23,26)(H,24,25). The molecule has 2 aromatic carbocycles. The van der Waals surface area contributed by atoms with Crippen molar-refractivity contribution in [2.45, 2.75) is 19.4 Å². The van der Waals surface area contributed by atoms with Crippen LogP contribution in [0.5, 0.6) is 23.0 Å². The van der Waals surface area contributed by atoms with Crippen molar-refractivity contribution < 1.29 is 28.5 Å². The van der Waals surface area contributed by atoms with Gasteiger partial charge in [0.25, 0.3) is 5.91 Å². The van der Waals surface area contributed by atoms with Crippen molar-refractivity contribution in [1.82, 2.24) is 10.6 Å². The second-order valence-electron chi connectivity index (χ2n) is 6.68. The number of nitrogens with one attached hydrogen (secondary N) is 2. The average molecular weight is 414 g/mol. The maximum Gasteiger partial charge on any atom is 0.251 e. The predicted molar refractivity (Wildman–Crippen MR) is 110 cm³/mol. The summed E-state index contributed by atoms with van der Waals surface area (Å²) in [5.74, 6) is 1.68. The van der Waals surface area contributed by atoms with Gasteiger partial charge in [0.2, 0.25) is 5.91 Å². The van der Waals surface area contributed by atoms with Crippen LogP contribution < -0.4 is 29.6 Å². The van der Waals surface area contributed by atoms with Gasteiger partial charge in [-0.2, -0.15) is 0 Å². The minimum absolute atomic E-state index is 0.145. The Kier molecular flexibility index (Phi) is 7.00. The summed E-state index contributed by atoms with van der Waals surface area (Å²) in [7, 11) is 3.02. The van der Waals surface area contributed by atoms with Crippen molar-refractivity contribution >= 4 is 11.8 Å². The molecule has 8 nitrogen and oxygen atoms in total. The molecule has 0 aliphatic carbocycles. The molecule has 0 saturated carbocycles. The van der Waals surface area contributed by atoms with Crippen LogP contribution in [0.15, 0.2) is 36.4 Å². The van der Waals surface area contributed by atoms with E-state index in [1.54, 1.807) is 18.2 Å². The third kappa shape index (κ3) is 4.94. The van der Waals surface area contributed by atoms with E-state index in [-0.39, 0.29) is 24.4 Å². The molecule has 0 bridgehead atoms. The molecule has 1 atom stereocenters. The number of carbonyl (C=O) groups is 2. The number of fused-ring (bicyclic) bond motifs is 1. The number of ether oxygens (including phenoxy) is 4. The molecule has 1 unspecified atom stereocenters. The highest BCUT2D eigenvalue weighted by atomic mass is 16.6. The summed E-state index contributed by atoms with van der Waals surface area (Å²) in [5.41, 5.74) is 1.29. The Morgan fingerprint density at radius 3 is 2.43 bits per heavy atom. The predicted octanol–water partition coefficient (Wildman–Crippen LogP) is 2.47. The van der Waals surface area contributed by atoms with Gasteiger partial charge < -0.3 is 29.6 Å². The number of hydrogen-bond acceptors (Lipinski definition) is 6. The van der Waals surface area contributed by atoms with Crippen LogP contribution in [0.1, 0.15) is 35.3 Å². The second kappa shape index (κ2) is 9.87. The monoisotopic (exact) mass is 414 g/mol. The highest BCUT2D eigenvalue weighted by molar-refractivity contribution is 5.97. The summed E-state index contributed by atoms with van der Waals surface area (Å²) in [6.45, 7) is 2.86. The van der Waals surface area contributed by atoms with Gasteiger partial charge in [0.05, 0.1) is 26.8 Å². The smallest absolute Gasteiger partial charge is 0.251 e. The molecule has 0 aromatic heterocycles. The van der Waals surface area contributed by atoms with Gasteiger partial charge in [0.1, 0.15) is 13.2 Å². The lowest BCUT2D eigenvalue weighted by Crippen LogP contribution is -2.38. The van der Waals surface area contributed by atoms with Crippen molar-refractivity contribution in [2.75, 3.05) is 34.0 Å². The van der Waals surface area contributed by atoms with E-state index in [0.29, 0.717) is 48.2 Å². The minimum Gasteiger partial charge on any atom is -0.493 e. The molecule has 0 fully saturated rings. The van der Waals surface area contributed by atoms with E-state index in [0.717, 1.165) is 5.56 Å². The molecule has 0 saturated heterocycles. The Balaban J connectivity index is 1.58. The van der Waals surface area contributed by atoms with Gasteiger partial charge in [-0.25, -0.2) is 0 Å². The van der Waals surface area contributed by atoms with E-state index in [4.69, 9.17) is 18.9 Å². The van der Waals surface area contributed by atoms with Crippen LogP contribution in [0.2, 0.25) is 0 Å². The van der Waals surface area contributed by atoms with E-state index >= 15 is 0 Å². The molecule has 2 N–H and O–H groups in total. The summed E-state index contributed by atoms with van der Waals surface area (Å²) in [6, 6.07) is 10.2. The Labute approximate surface area is 175 Å². The number of methoxy groups -OCH3 is 2. The molecule has 1 heterocycles. The summed E-state index contributed by atoms with van der Waals surface area (Å²) >= 11 is 0. The number of rotatable bonds is 8. The zero-order valence-corrected chi connectivity index (χ0v) is 17.3. The fourth-order valence-electron chi connectivity index (χ4n) is 3.18. The molecule has 2 aromatic rings. The quantitative estimate of drug-likeness (QED) is 0.689. The van der Waals surface area contributed by atoms with Crippen molar-refractivity contribution in [3.8, 4) is 23.0 Å². The maximum atomic E-state index is 12.4. The van der Waals surface area contributed by atoms with Crippen LogP contribution >= 0.6 is 0 Å². The molecular formula is C22H26N2O6. The highest BCUT2D eigenvalue weighted by Gasteiger charge is 2.18. The molecule has 3 rings (SSSR count). The number of carbonyl (C=O) groups excluding carboxylic acids is 2. The van der Waals surface area contributed by atoms with Gasteiger partial charge in [-0.15, -0.1) is 0 Å². The molecule has 8 heteroatoms. The van der Waals surface area contributed by atoms with E-state index in [1.807, 2.05) is 25.1 Å². The molecule has 0 radical (unpaired) electrons. The summed E-state index contributed by atoms with van der Waals surface area (Å²) in [6.07, 6.45) is 0.689. The Bertz CT molecular complexity index is 914. The Morgan fingerprint density at radius 2 is 1.73 bits per heavy atom. The van der Waals surface area contributed by atoms with Crippen molar-refractivity contribution in [3.63, 3.8) is 0 Å². The van der Waals surface area contributed by atoms with Crippen LogP contribution in [0.3, 0.4) is 0 Å². The first kappa shape index (κ1) is 21.3. The minimum atomic E-state index is -0.376. The lowest BCUT2D eigenvalue weighted by molar-refractivity contribution is -0.120. The largest absolute Gasteiger partial charge is 0.493 e. The van der Waals surface area contributed by atoms with Crippen LogP contribution in [-0.2, 0) is 4.79 Å².